The van der Waals surface area contributed by atoms with Crippen molar-refractivity contribution in [2.75, 3.05) is 13.1 Å². The first-order chi connectivity index (χ1) is 13.7. The highest BCUT2D eigenvalue weighted by Gasteiger charge is 2.57. The molecular formula is C22H22N2O2S2. The van der Waals surface area contributed by atoms with Gasteiger partial charge >= 0.3 is 0 Å². The van der Waals surface area contributed by atoms with Crippen LogP contribution in [0.15, 0.2) is 65.4 Å². The van der Waals surface area contributed by atoms with Gasteiger partial charge < -0.3 is 10.4 Å². The van der Waals surface area contributed by atoms with Crippen LogP contribution >= 0.6 is 22.7 Å². The minimum Gasteiger partial charge on any atom is -0.371 e. The van der Waals surface area contributed by atoms with Crippen molar-refractivity contribution in [1.82, 2.24) is 10.2 Å². The Morgan fingerprint density at radius 1 is 1.00 bits per heavy atom. The van der Waals surface area contributed by atoms with Gasteiger partial charge in [0.2, 0.25) is 5.60 Å². The highest BCUT2D eigenvalue weighted by molar-refractivity contribution is 7.12. The van der Waals surface area contributed by atoms with E-state index in [-0.39, 0.29) is 11.9 Å². The lowest BCUT2D eigenvalue weighted by Gasteiger charge is -2.26. The number of rotatable bonds is 6. The number of carbonyl (C=O) groups is 1. The Bertz CT molecular complexity index is 894. The van der Waals surface area contributed by atoms with Crippen LogP contribution in [-0.4, -0.2) is 35.0 Å². The van der Waals surface area contributed by atoms with Gasteiger partial charge in [0.25, 0.3) is 5.91 Å². The maximum absolute atomic E-state index is 13.2. The van der Waals surface area contributed by atoms with Gasteiger partial charge in [-0.2, -0.15) is 0 Å². The number of likely N-dealkylation sites (tertiary alicyclic amines) is 1. The van der Waals surface area contributed by atoms with Crippen molar-refractivity contribution in [2.24, 2.45) is 11.8 Å². The van der Waals surface area contributed by atoms with Crippen molar-refractivity contribution in [3.63, 3.8) is 0 Å². The van der Waals surface area contributed by atoms with E-state index in [1.165, 1.54) is 28.2 Å². The molecule has 2 aromatic heterocycles. The van der Waals surface area contributed by atoms with E-state index in [1.54, 1.807) is 0 Å². The Hall–Kier alpha value is -1.99. The van der Waals surface area contributed by atoms with Crippen LogP contribution < -0.4 is 5.32 Å². The first-order valence-electron chi connectivity index (χ1n) is 9.54. The van der Waals surface area contributed by atoms with Crippen LogP contribution in [0.4, 0.5) is 0 Å². The monoisotopic (exact) mass is 410 g/mol. The van der Waals surface area contributed by atoms with Crippen LogP contribution in [0.1, 0.15) is 15.3 Å². The molecule has 2 aliphatic rings. The molecule has 2 fully saturated rings. The summed E-state index contributed by atoms with van der Waals surface area (Å²) in [5, 5.41) is 18.3. The fourth-order valence-electron chi connectivity index (χ4n) is 4.37. The highest BCUT2D eigenvalue weighted by Crippen LogP contribution is 2.47. The molecule has 2 unspecified atom stereocenters. The zero-order chi connectivity index (χ0) is 19.1. The van der Waals surface area contributed by atoms with E-state index in [0.717, 1.165) is 19.6 Å². The molecule has 1 saturated heterocycles. The number of fused-ring (bicyclic) bond motifs is 1. The lowest BCUT2D eigenvalue weighted by atomic mass is 9.98. The summed E-state index contributed by atoms with van der Waals surface area (Å²) in [5.41, 5.74) is -0.266. The molecule has 2 N–H and O–H groups in total. The van der Waals surface area contributed by atoms with E-state index in [1.807, 2.05) is 41.1 Å². The number of amides is 1. The van der Waals surface area contributed by atoms with Gasteiger partial charge in [-0.3, -0.25) is 9.69 Å². The topological polar surface area (TPSA) is 52.6 Å². The fraction of sp³-hybridized carbons (Fsp3) is 0.318. The summed E-state index contributed by atoms with van der Waals surface area (Å²) in [4.78, 5) is 17.0. The number of aliphatic hydroxyl groups is 1. The molecule has 6 heteroatoms. The maximum Gasteiger partial charge on any atom is 0.263 e. The standard InChI is InChI=1S/C22H22N2O2S2/c25-21(22(26,18-8-4-10-27-18)19-9-5-11-28-19)23-20-16-13-24(14-17(16)20)12-15-6-2-1-3-7-15/h1-11,16-17,20,26H,12-14H2,(H,23,25). The van der Waals surface area contributed by atoms with Crippen LogP contribution in [0.3, 0.4) is 0 Å². The summed E-state index contributed by atoms with van der Waals surface area (Å²) in [6.07, 6.45) is 0. The zero-order valence-corrected chi connectivity index (χ0v) is 17.0. The summed E-state index contributed by atoms with van der Waals surface area (Å²) >= 11 is 2.83. The zero-order valence-electron chi connectivity index (χ0n) is 15.3. The molecule has 0 spiro atoms. The molecule has 3 heterocycles. The number of carbonyl (C=O) groups excluding carboxylic acids is 1. The largest absolute Gasteiger partial charge is 0.371 e. The summed E-state index contributed by atoms with van der Waals surface area (Å²) in [7, 11) is 0. The second-order valence-corrected chi connectivity index (χ2v) is 9.57. The van der Waals surface area contributed by atoms with Crippen molar-refractivity contribution in [3.8, 4) is 0 Å². The lowest BCUT2D eigenvalue weighted by molar-refractivity contribution is -0.136. The summed E-state index contributed by atoms with van der Waals surface area (Å²) in [6, 6.07) is 18.1. The average molecular weight is 411 g/mol. The third-order valence-electron chi connectivity index (χ3n) is 5.90. The molecule has 1 saturated carbocycles. The van der Waals surface area contributed by atoms with Gasteiger partial charge in [-0.05, 0) is 40.3 Å². The third-order valence-corrected chi connectivity index (χ3v) is 7.86. The van der Waals surface area contributed by atoms with Crippen molar-refractivity contribution >= 4 is 28.6 Å². The van der Waals surface area contributed by atoms with Crippen LogP contribution in [0, 0.1) is 11.8 Å². The van der Waals surface area contributed by atoms with E-state index < -0.39 is 5.60 Å². The number of nitrogens with one attached hydrogen (secondary N) is 1. The molecule has 1 aliphatic heterocycles. The van der Waals surface area contributed by atoms with Gasteiger partial charge in [-0.15, -0.1) is 22.7 Å². The molecular weight excluding hydrogens is 388 g/mol. The molecule has 4 nitrogen and oxygen atoms in total. The van der Waals surface area contributed by atoms with Crippen molar-refractivity contribution in [1.29, 1.82) is 0 Å². The fourth-order valence-corrected chi connectivity index (χ4v) is 6.10. The van der Waals surface area contributed by atoms with Gasteiger partial charge in [-0.1, -0.05) is 42.5 Å². The first kappa shape index (κ1) is 18.1. The van der Waals surface area contributed by atoms with Crippen molar-refractivity contribution in [3.05, 3.63) is 80.7 Å². The Labute approximate surface area is 172 Å². The highest BCUT2D eigenvalue weighted by atomic mass is 32.1. The SMILES string of the molecule is O=C(NC1C2CN(Cc3ccccc3)CC21)C(O)(c1cccs1)c1cccs1. The molecule has 1 aromatic carbocycles. The number of nitrogens with zero attached hydrogens (tertiary/aromatic N) is 1. The Morgan fingerprint density at radius 3 is 2.14 bits per heavy atom. The van der Waals surface area contributed by atoms with Crippen molar-refractivity contribution in [2.45, 2.75) is 18.2 Å². The van der Waals surface area contributed by atoms with Gasteiger partial charge in [0, 0.05) is 25.7 Å². The quantitative estimate of drug-likeness (QED) is 0.656. The van der Waals surface area contributed by atoms with Crippen LogP contribution in [0.5, 0.6) is 0 Å². The second-order valence-electron chi connectivity index (χ2n) is 7.67. The number of hydrogen-bond donors (Lipinski definition) is 2. The molecule has 1 amide bonds. The minimum atomic E-state index is -1.59. The molecule has 1 aliphatic carbocycles. The summed E-state index contributed by atoms with van der Waals surface area (Å²) < 4.78 is 0. The normalized spacial score (nSPS) is 24.1. The Kier molecular flexibility index (Phi) is 4.59. The number of hydrogen-bond acceptors (Lipinski definition) is 5. The summed E-state index contributed by atoms with van der Waals surface area (Å²) in [6.45, 7) is 2.96. The van der Waals surface area contributed by atoms with Gasteiger partial charge in [0.05, 0.1) is 9.75 Å². The van der Waals surface area contributed by atoms with Gasteiger partial charge in [0.1, 0.15) is 0 Å². The maximum atomic E-state index is 13.2. The molecule has 28 heavy (non-hydrogen) atoms. The van der Waals surface area contributed by atoms with Crippen molar-refractivity contribution < 1.29 is 9.90 Å². The van der Waals surface area contributed by atoms with E-state index in [0.29, 0.717) is 21.6 Å². The van der Waals surface area contributed by atoms with E-state index >= 15 is 0 Å². The minimum absolute atomic E-state index is 0.172. The van der Waals surface area contributed by atoms with Gasteiger partial charge in [0.15, 0.2) is 0 Å². The Morgan fingerprint density at radius 2 is 1.61 bits per heavy atom. The smallest absolute Gasteiger partial charge is 0.263 e. The van der Waals surface area contributed by atoms with Gasteiger partial charge in [-0.25, -0.2) is 0 Å². The molecule has 0 bridgehead atoms. The molecule has 0 radical (unpaired) electrons. The number of thiophene rings is 2. The molecule has 2 atom stereocenters. The predicted octanol–water partition coefficient (Wildman–Crippen LogP) is 3.29. The van der Waals surface area contributed by atoms with Crippen LogP contribution in [0.2, 0.25) is 0 Å². The predicted molar refractivity (Wildman–Crippen MR) is 112 cm³/mol. The van der Waals surface area contributed by atoms with Crippen LogP contribution in [0.25, 0.3) is 0 Å². The Balaban J connectivity index is 1.25. The summed E-state index contributed by atoms with van der Waals surface area (Å²) in [5.74, 6) is 0.679. The number of piperidine rings is 1. The molecule has 3 aromatic rings. The van der Waals surface area contributed by atoms with E-state index in [2.05, 4.69) is 34.5 Å². The second kappa shape index (κ2) is 7.12. The average Bonchev–Trinajstić information content (AvgIpc) is 3.28. The third kappa shape index (κ3) is 3.10. The first-order valence-corrected chi connectivity index (χ1v) is 11.3. The van der Waals surface area contributed by atoms with E-state index in [9.17, 15) is 9.90 Å². The lowest BCUT2D eigenvalue weighted by Crippen LogP contribution is -2.47. The molecule has 5 rings (SSSR count). The van der Waals surface area contributed by atoms with E-state index in [4.69, 9.17) is 0 Å². The number of benzene rings is 1. The van der Waals surface area contributed by atoms with Crippen LogP contribution in [-0.2, 0) is 16.9 Å². The molecule has 144 valence electrons.